The van der Waals surface area contributed by atoms with Crippen LogP contribution in [0.3, 0.4) is 0 Å². The number of ether oxygens (including phenoxy) is 2. The van der Waals surface area contributed by atoms with Gasteiger partial charge in [0.15, 0.2) is 11.5 Å². The molecule has 0 unspecified atom stereocenters. The molecule has 0 saturated carbocycles. The van der Waals surface area contributed by atoms with E-state index in [0.717, 1.165) is 5.56 Å². The molecule has 0 fully saturated rings. The van der Waals surface area contributed by atoms with Crippen molar-refractivity contribution in [1.29, 1.82) is 0 Å². The van der Waals surface area contributed by atoms with Gasteiger partial charge in [-0.3, -0.25) is 13.9 Å². The van der Waals surface area contributed by atoms with E-state index in [9.17, 15) is 14.0 Å². The molecule has 0 N–H and O–H groups in total. The minimum atomic E-state index is -0.458. The molecule has 2 heterocycles. The predicted octanol–water partition coefficient (Wildman–Crippen LogP) is 3.13. The Labute approximate surface area is 170 Å². The van der Waals surface area contributed by atoms with Crippen LogP contribution in [0.15, 0.2) is 76.3 Å². The Morgan fingerprint density at radius 1 is 0.800 bits per heavy atom. The molecule has 1 aliphatic rings. The van der Waals surface area contributed by atoms with Crippen molar-refractivity contribution in [2.24, 2.45) is 0 Å². The fraction of sp³-hybridized carbons (Fsp3) is 0.130. The highest BCUT2D eigenvalue weighted by molar-refractivity contribution is 5.78. The summed E-state index contributed by atoms with van der Waals surface area (Å²) in [7, 11) is 0. The van der Waals surface area contributed by atoms with Crippen molar-refractivity contribution in [2.75, 3.05) is 6.79 Å². The molecule has 6 nitrogen and oxygen atoms in total. The number of hydrogen-bond donors (Lipinski definition) is 0. The Morgan fingerprint density at radius 3 is 2.43 bits per heavy atom. The topological polar surface area (TPSA) is 62.5 Å². The molecular formula is C23H17FN2O4. The summed E-state index contributed by atoms with van der Waals surface area (Å²) < 4.78 is 27.1. The van der Waals surface area contributed by atoms with E-state index in [2.05, 4.69) is 0 Å². The van der Waals surface area contributed by atoms with Crippen LogP contribution in [0.1, 0.15) is 11.1 Å². The zero-order valence-corrected chi connectivity index (χ0v) is 15.9. The summed E-state index contributed by atoms with van der Waals surface area (Å²) >= 11 is 0. The molecule has 150 valence electrons. The Hall–Kier alpha value is -3.87. The fourth-order valence-electron chi connectivity index (χ4n) is 3.70. The summed E-state index contributed by atoms with van der Waals surface area (Å²) in [6.07, 6.45) is 0. The second kappa shape index (κ2) is 7.18. The number of rotatable bonds is 4. The van der Waals surface area contributed by atoms with E-state index in [1.807, 2.05) is 0 Å². The van der Waals surface area contributed by atoms with E-state index >= 15 is 0 Å². The molecule has 1 aromatic heterocycles. The number of halogens is 1. The van der Waals surface area contributed by atoms with Crippen molar-refractivity contribution < 1.29 is 13.9 Å². The van der Waals surface area contributed by atoms with E-state index in [1.54, 1.807) is 54.6 Å². The maximum absolute atomic E-state index is 13.7. The van der Waals surface area contributed by atoms with Gasteiger partial charge in [-0.1, -0.05) is 30.3 Å². The minimum Gasteiger partial charge on any atom is -0.454 e. The Bertz CT molecular complexity index is 1390. The average Bonchev–Trinajstić information content (AvgIpc) is 3.22. The highest BCUT2D eigenvalue weighted by atomic mass is 19.1. The molecule has 5 rings (SSSR count). The minimum absolute atomic E-state index is 0.0856. The summed E-state index contributed by atoms with van der Waals surface area (Å²) in [4.78, 5) is 26.4. The third-order valence-electron chi connectivity index (χ3n) is 5.14. The Kier molecular flexibility index (Phi) is 4.35. The van der Waals surface area contributed by atoms with Crippen molar-refractivity contribution >= 4 is 10.9 Å². The van der Waals surface area contributed by atoms with Gasteiger partial charge in [-0.25, -0.2) is 9.18 Å². The predicted molar refractivity (Wildman–Crippen MR) is 110 cm³/mol. The average molecular weight is 404 g/mol. The van der Waals surface area contributed by atoms with Gasteiger partial charge in [0.05, 0.1) is 24.0 Å². The van der Waals surface area contributed by atoms with Crippen molar-refractivity contribution in [1.82, 2.24) is 9.13 Å². The van der Waals surface area contributed by atoms with Crippen LogP contribution < -0.4 is 20.7 Å². The third kappa shape index (κ3) is 3.14. The van der Waals surface area contributed by atoms with Crippen molar-refractivity contribution in [3.05, 3.63) is 105 Å². The molecule has 1 aliphatic heterocycles. The second-order valence-electron chi connectivity index (χ2n) is 7.09. The van der Waals surface area contributed by atoms with Gasteiger partial charge in [-0.05, 0) is 47.5 Å². The molecule has 30 heavy (non-hydrogen) atoms. The Morgan fingerprint density at radius 2 is 1.57 bits per heavy atom. The van der Waals surface area contributed by atoms with Gasteiger partial charge in [-0.15, -0.1) is 0 Å². The van der Waals surface area contributed by atoms with Gasteiger partial charge >= 0.3 is 5.69 Å². The maximum Gasteiger partial charge on any atom is 0.332 e. The zero-order valence-electron chi connectivity index (χ0n) is 15.9. The summed E-state index contributed by atoms with van der Waals surface area (Å²) in [5.74, 6) is 0.841. The summed E-state index contributed by atoms with van der Waals surface area (Å²) in [5, 5.41) is 0.425. The first-order valence-electron chi connectivity index (χ1n) is 9.45. The SMILES string of the molecule is O=c1c2ccccc2n(Cc2cccc(F)c2)c(=O)n1Cc1ccc2c(c1)OCO2. The molecule has 0 amide bonds. The van der Waals surface area contributed by atoms with Crippen molar-refractivity contribution in [2.45, 2.75) is 13.1 Å². The van der Waals surface area contributed by atoms with Crippen LogP contribution >= 0.6 is 0 Å². The largest absolute Gasteiger partial charge is 0.454 e. The van der Waals surface area contributed by atoms with Crippen molar-refractivity contribution in [3.8, 4) is 11.5 Å². The van der Waals surface area contributed by atoms with E-state index in [1.165, 1.54) is 21.3 Å². The molecule has 0 radical (unpaired) electrons. The molecule has 0 bridgehead atoms. The number of hydrogen-bond acceptors (Lipinski definition) is 4. The first-order valence-corrected chi connectivity index (χ1v) is 9.45. The van der Waals surface area contributed by atoms with Crippen LogP contribution in [0.5, 0.6) is 11.5 Å². The standard InChI is InChI=1S/C23H17FN2O4/c24-17-5-3-4-15(10-17)12-25-19-7-2-1-6-18(19)22(27)26(23(25)28)13-16-8-9-20-21(11-16)30-14-29-20/h1-11H,12-14H2. The van der Waals surface area contributed by atoms with Crippen LogP contribution in [0, 0.1) is 5.82 Å². The summed E-state index contributed by atoms with van der Waals surface area (Å²) in [5.41, 5.74) is 1.06. The zero-order chi connectivity index (χ0) is 20.7. The van der Waals surface area contributed by atoms with E-state index in [-0.39, 0.29) is 31.3 Å². The highest BCUT2D eigenvalue weighted by Crippen LogP contribution is 2.32. The van der Waals surface area contributed by atoms with Gasteiger partial charge in [0, 0.05) is 0 Å². The molecule has 3 aromatic carbocycles. The molecule has 0 atom stereocenters. The van der Waals surface area contributed by atoms with Gasteiger partial charge in [0.2, 0.25) is 6.79 Å². The summed E-state index contributed by atoms with van der Waals surface area (Å²) in [6.45, 7) is 0.385. The molecule has 7 heteroatoms. The van der Waals surface area contributed by atoms with Crippen LogP contribution in [-0.4, -0.2) is 15.9 Å². The monoisotopic (exact) mass is 404 g/mol. The molecule has 4 aromatic rings. The summed E-state index contributed by atoms with van der Waals surface area (Å²) in [6, 6.07) is 18.3. The molecular weight excluding hydrogens is 387 g/mol. The quantitative estimate of drug-likeness (QED) is 0.524. The van der Waals surface area contributed by atoms with Gasteiger partial charge in [0.1, 0.15) is 5.82 Å². The normalized spacial score (nSPS) is 12.4. The van der Waals surface area contributed by atoms with Crippen molar-refractivity contribution in [3.63, 3.8) is 0 Å². The van der Waals surface area contributed by atoms with E-state index < -0.39 is 5.69 Å². The molecule has 0 aliphatic carbocycles. The lowest BCUT2D eigenvalue weighted by atomic mass is 10.1. The lowest BCUT2D eigenvalue weighted by molar-refractivity contribution is 0.174. The number of aromatic nitrogens is 2. The maximum atomic E-state index is 13.7. The first kappa shape index (κ1) is 18.2. The molecule has 0 spiro atoms. The van der Waals surface area contributed by atoms with Crippen LogP contribution in [0.2, 0.25) is 0 Å². The van der Waals surface area contributed by atoms with Crippen LogP contribution in [0.25, 0.3) is 10.9 Å². The number of benzene rings is 3. The first-order chi connectivity index (χ1) is 14.6. The van der Waals surface area contributed by atoms with E-state index in [4.69, 9.17) is 9.47 Å². The molecule has 0 saturated heterocycles. The van der Waals surface area contributed by atoms with Crippen LogP contribution in [0.4, 0.5) is 4.39 Å². The fourth-order valence-corrected chi connectivity index (χ4v) is 3.70. The second-order valence-corrected chi connectivity index (χ2v) is 7.09. The highest BCUT2D eigenvalue weighted by Gasteiger charge is 2.17. The van der Waals surface area contributed by atoms with E-state index in [0.29, 0.717) is 28.0 Å². The van der Waals surface area contributed by atoms with Gasteiger partial charge in [-0.2, -0.15) is 0 Å². The lowest BCUT2D eigenvalue weighted by Crippen LogP contribution is -2.40. The number of nitrogens with zero attached hydrogens (tertiary/aromatic N) is 2. The lowest BCUT2D eigenvalue weighted by Gasteiger charge is -2.14. The smallest absolute Gasteiger partial charge is 0.332 e. The number of para-hydroxylation sites is 1. The van der Waals surface area contributed by atoms with Crippen LogP contribution in [-0.2, 0) is 13.1 Å². The van der Waals surface area contributed by atoms with Gasteiger partial charge < -0.3 is 9.47 Å². The third-order valence-corrected chi connectivity index (χ3v) is 5.14. The Balaban J connectivity index is 1.65. The van der Waals surface area contributed by atoms with Gasteiger partial charge in [0.25, 0.3) is 5.56 Å². The number of fused-ring (bicyclic) bond motifs is 2.